The Balaban J connectivity index is 2.21. The van der Waals surface area contributed by atoms with E-state index in [1.54, 1.807) is 0 Å². The molecular weight excluding hydrogens is 330 g/mol. The van der Waals surface area contributed by atoms with E-state index in [2.05, 4.69) is 30.9 Å². The smallest absolute Gasteiger partial charge is 0.337 e. The summed E-state index contributed by atoms with van der Waals surface area (Å²) in [5.74, 6) is -0.882. The Kier molecular flexibility index (Phi) is 4.21. The van der Waals surface area contributed by atoms with Crippen molar-refractivity contribution in [3.63, 3.8) is 0 Å². The van der Waals surface area contributed by atoms with Crippen molar-refractivity contribution in [2.45, 2.75) is 6.42 Å². The fraction of sp³-hybridized carbons (Fsp3) is 0.364. The zero-order valence-electron chi connectivity index (χ0n) is 10.2. The van der Waals surface area contributed by atoms with Gasteiger partial charge in [0.15, 0.2) is 0 Å². The average Bonchev–Trinajstić information content (AvgIpc) is 2.77. The van der Waals surface area contributed by atoms with E-state index in [0.29, 0.717) is 16.8 Å². The summed E-state index contributed by atoms with van der Waals surface area (Å²) in [6.45, 7) is 0.652. The van der Waals surface area contributed by atoms with E-state index in [-0.39, 0.29) is 30.4 Å². The Bertz CT molecular complexity index is 614. The van der Waals surface area contributed by atoms with Crippen LogP contribution in [-0.2, 0) is 4.79 Å². The quantitative estimate of drug-likeness (QED) is 0.513. The first-order valence-corrected chi connectivity index (χ1v) is 6.52. The van der Waals surface area contributed by atoms with Gasteiger partial charge in [-0.05, 0) is 33.4 Å². The monoisotopic (exact) mass is 339 g/mol. The first-order valence-electron chi connectivity index (χ1n) is 5.73. The van der Waals surface area contributed by atoms with Crippen LogP contribution in [0.4, 0.5) is 5.82 Å². The van der Waals surface area contributed by atoms with E-state index in [1.807, 2.05) is 0 Å². The zero-order chi connectivity index (χ0) is 14.7. The van der Waals surface area contributed by atoms with Gasteiger partial charge >= 0.3 is 5.97 Å². The van der Waals surface area contributed by atoms with Gasteiger partial charge in [-0.25, -0.2) is 9.78 Å². The Labute approximate surface area is 122 Å². The lowest BCUT2D eigenvalue weighted by molar-refractivity contribution is -0.117. The molecule has 0 saturated carbocycles. The van der Waals surface area contributed by atoms with Gasteiger partial charge in [0.25, 0.3) is 0 Å². The van der Waals surface area contributed by atoms with Gasteiger partial charge in [-0.3, -0.25) is 9.69 Å². The van der Waals surface area contributed by atoms with E-state index in [1.165, 1.54) is 17.2 Å². The second-order valence-electron chi connectivity index (χ2n) is 4.32. The number of aromatic carboxylic acids is 1. The summed E-state index contributed by atoms with van der Waals surface area (Å²) in [6, 6.07) is 1.40. The van der Waals surface area contributed by atoms with Gasteiger partial charge in [0.1, 0.15) is 5.82 Å². The standard InChI is InChI=1S/C11H10BrN5O3/c12-8-2-7(11(19)20)4-14-10(8)17-5-6(1-9(17)18)3-15-16-13/h2,4,6H,1,3,5H2,(H,19,20). The highest BCUT2D eigenvalue weighted by molar-refractivity contribution is 9.10. The predicted octanol–water partition coefficient (Wildman–Crippen LogP) is 2.21. The molecule has 0 aromatic carbocycles. The molecule has 0 radical (unpaired) electrons. The molecule has 8 nitrogen and oxygen atoms in total. The molecule has 1 aromatic heterocycles. The van der Waals surface area contributed by atoms with Crippen LogP contribution >= 0.6 is 15.9 Å². The highest BCUT2D eigenvalue weighted by Gasteiger charge is 2.32. The molecule has 20 heavy (non-hydrogen) atoms. The number of aromatic nitrogens is 1. The number of carbonyl (C=O) groups is 2. The summed E-state index contributed by atoms with van der Waals surface area (Å²) in [7, 11) is 0. The van der Waals surface area contributed by atoms with E-state index in [0.717, 1.165) is 0 Å². The van der Waals surface area contributed by atoms with E-state index < -0.39 is 5.97 Å². The Morgan fingerprint density at radius 3 is 3.05 bits per heavy atom. The number of nitrogens with zero attached hydrogens (tertiary/aromatic N) is 5. The molecule has 2 rings (SSSR count). The zero-order valence-corrected chi connectivity index (χ0v) is 11.8. The number of hydrogen-bond donors (Lipinski definition) is 1. The molecule has 1 unspecified atom stereocenters. The summed E-state index contributed by atoms with van der Waals surface area (Å²) < 4.78 is 0.440. The van der Waals surface area contributed by atoms with Gasteiger partial charge in [-0.1, -0.05) is 5.11 Å². The van der Waals surface area contributed by atoms with Crippen LogP contribution in [0.3, 0.4) is 0 Å². The van der Waals surface area contributed by atoms with Crippen LogP contribution in [-0.4, -0.2) is 35.1 Å². The molecular formula is C11H10BrN5O3. The largest absolute Gasteiger partial charge is 0.478 e. The number of carbonyl (C=O) groups excluding carboxylic acids is 1. The van der Waals surface area contributed by atoms with E-state index in [9.17, 15) is 9.59 Å². The molecule has 1 N–H and O–H groups in total. The van der Waals surface area contributed by atoms with Gasteiger partial charge < -0.3 is 5.11 Å². The fourth-order valence-electron chi connectivity index (χ4n) is 2.01. The van der Waals surface area contributed by atoms with Gasteiger partial charge in [0.2, 0.25) is 5.91 Å². The second-order valence-corrected chi connectivity index (χ2v) is 5.18. The molecule has 0 spiro atoms. The predicted molar refractivity (Wildman–Crippen MR) is 73.4 cm³/mol. The van der Waals surface area contributed by atoms with Crippen molar-refractivity contribution in [3.8, 4) is 0 Å². The molecule has 9 heteroatoms. The normalized spacial score (nSPS) is 17.9. The number of pyridine rings is 1. The lowest BCUT2D eigenvalue weighted by Gasteiger charge is -2.17. The summed E-state index contributed by atoms with van der Waals surface area (Å²) in [5, 5.41) is 12.3. The molecule has 1 amide bonds. The first kappa shape index (κ1) is 14.3. The van der Waals surface area contributed by atoms with Crippen LogP contribution in [0.1, 0.15) is 16.8 Å². The van der Waals surface area contributed by atoms with E-state index in [4.69, 9.17) is 10.6 Å². The number of azide groups is 1. The van der Waals surface area contributed by atoms with Crippen molar-refractivity contribution in [3.05, 3.63) is 32.7 Å². The number of anilines is 1. The minimum atomic E-state index is -1.08. The van der Waals surface area contributed by atoms with Crippen molar-refractivity contribution in [2.24, 2.45) is 11.0 Å². The van der Waals surface area contributed by atoms with Gasteiger partial charge in [0, 0.05) is 30.6 Å². The molecule has 0 bridgehead atoms. The maximum atomic E-state index is 11.9. The summed E-state index contributed by atoms with van der Waals surface area (Å²) in [4.78, 5) is 30.9. The molecule has 1 aliphatic rings. The third-order valence-corrected chi connectivity index (χ3v) is 3.52. The third kappa shape index (κ3) is 2.89. The topological polar surface area (TPSA) is 119 Å². The van der Waals surface area contributed by atoms with Gasteiger partial charge in [-0.15, -0.1) is 0 Å². The number of halogens is 1. The molecule has 1 aromatic rings. The molecule has 0 aliphatic carbocycles. The fourth-order valence-corrected chi connectivity index (χ4v) is 2.57. The van der Waals surface area contributed by atoms with Crippen molar-refractivity contribution in [2.75, 3.05) is 18.0 Å². The third-order valence-electron chi connectivity index (χ3n) is 2.93. The van der Waals surface area contributed by atoms with Crippen molar-refractivity contribution in [1.82, 2.24) is 4.98 Å². The number of hydrogen-bond acceptors (Lipinski definition) is 4. The molecule has 104 valence electrons. The molecule has 1 saturated heterocycles. The maximum Gasteiger partial charge on any atom is 0.337 e. The molecule has 1 atom stereocenters. The second kappa shape index (κ2) is 5.89. The molecule has 1 fully saturated rings. The van der Waals surface area contributed by atoms with Gasteiger partial charge in [-0.2, -0.15) is 0 Å². The number of carboxylic acid groups (broad SMARTS) is 1. The van der Waals surface area contributed by atoms with Crippen LogP contribution in [0.2, 0.25) is 0 Å². The summed E-state index contributed by atoms with van der Waals surface area (Å²) in [5.41, 5.74) is 8.33. The van der Waals surface area contributed by atoms with Crippen molar-refractivity contribution >= 4 is 33.6 Å². The Morgan fingerprint density at radius 2 is 2.45 bits per heavy atom. The van der Waals surface area contributed by atoms with Crippen LogP contribution < -0.4 is 4.90 Å². The Hall–Kier alpha value is -2.12. The highest BCUT2D eigenvalue weighted by Crippen LogP contribution is 2.30. The number of rotatable bonds is 4. The van der Waals surface area contributed by atoms with Crippen LogP contribution in [0, 0.1) is 5.92 Å². The van der Waals surface area contributed by atoms with Gasteiger partial charge in [0.05, 0.1) is 10.0 Å². The van der Waals surface area contributed by atoms with Crippen LogP contribution in [0.5, 0.6) is 0 Å². The van der Waals surface area contributed by atoms with Crippen molar-refractivity contribution in [1.29, 1.82) is 0 Å². The highest BCUT2D eigenvalue weighted by atomic mass is 79.9. The van der Waals surface area contributed by atoms with Crippen LogP contribution in [0.15, 0.2) is 21.9 Å². The van der Waals surface area contributed by atoms with Crippen LogP contribution in [0.25, 0.3) is 10.4 Å². The average molecular weight is 340 g/mol. The number of amides is 1. The molecule has 2 heterocycles. The lowest BCUT2D eigenvalue weighted by atomic mass is 10.1. The van der Waals surface area contributed by atoms with E-state index >= 15 is 0 Å². The minimum Gasteiger partial charge on any atom is -0.478 e. The maximum absolute atomic E-state index is 11.9. The SMILES string of the molecule is [N-]=[N+]=NCC1CC(=O)N(c2ncc(C(=O)O)cc2Br)C1. The number of carboxylic acids is 1. The van der Waals surface area contributed by atoms with Crippen molar-refractivity contribution < 1.29 is 14.7 Å². The summed E-state index contributed by atoms with van der Waals surface area (Å²) in [6.07, 6.45) is 1.49. The lowest BCUT2D eigenvalue weighted by Crippen LogP contribution is -2.26. The summed E-state index contributed by atoms with van der Waals surface area (Å²) >= 11 is 3.22. The Morgan fingerprint density at radius 1 is 1.70 bits per heavy atom. The molecule has 1 aliphatic heterocycles. The first-order chi connectivity index (χ1) is 9.52. The minimum absolute atomic E-state index is 0.0397.